The summed E-state index contributed by atoms with van der Waals surface area (Å²) < 4.78 is 11.2. The number of hydrogen-bond acceptors (Lipinski definition) is 4. The van der Waals surface area contributed by atoms with Crippen molar-refractivity contribution in [3.8, 4) is 5.75 Å². The van der Waals surface area contributed by atoms with Crippen LogP contribution in [0.4, 0.5) is 0 Å². The van der Waals surface area contributed by atoms with E-state index in [0.717, 1.165) is 48.9 Å². The lowest BCUT2D eigenvalue weighted by atomic mass is 10.0. The van der Waals surface area contributed by atoms with Crippen molar-refractivity contribution >= 4 is 16.7 Å². The summed E-state index contributed by atoms with van der Waals surface area (Å²) in [5.41, 5.74) is 0.680. The van der Waals surface area contributed by atoms with Gasteiger partial charge in [0, 0.05) is 45.0 Å². The Labute approximate surface area is 168 Å². The van der Waals surface area contributed by atoms with Crippen molar-refractivity contribution in [1.82, 2.24) is 10.2 Å². The first kappa shape index (κ1) is 20.6. The first-order valence-electron chi connectivity index (χ1n) is 10.3. The average molecular weight is 385 g/mol. The Bertz CT molecular complexity index is 783. The molecule has 5 nitrogen and oxygen atoms in total. The molecular weight excluding hydrogens is 352 g/mol. The fourth-order valence-corrected chi connectivity index (χ4v) is 3.66. The SMILES string of the molecule is COCCCNC(=O)c1ccc2cc(OC3CCN(C(C)C)CC3)ccc2c1. The molecule has 5 heteroatoms. The first-order valence-corrected chi connectivity index (χ1v) is 10.3. The maximum atomic E-state index is 12.3. The van der Waals surface area contributed by atoms with Crippen LogP contribution in [0.3, 0.4) is 0 Å². The van der Waals surface area contributed by atoms with Gasteiger partial charge in [0.25, 0.3) is 5.91 Å². The Morgan fingerprint density at radius 1 is 1.14 bits per heavy atom. The topological polar surface area (TPSA) is 50.8 Å². The molecule has 28 heavy (non-hydrogen) atoms. The third kappa shape index (κ3) is 5.46. The van der Waals surface area contributed by atoms with E-state index in [2.05, 4.69) is 30.1 Å². The van der Waals surface area contributed by atoms with E-state index in [4.69, 9.17) is 9.47 Å². The van der Waals surface area contributed by atoms with Crippen LogP contribution in [-0.4, -0.2) is 56.3 Å². The number of methoxy groups -OCH3 is 1. The number of benzene rings is 2. The van der Waals surface area contributed by atoms with Crippen LogP contribution >= 0.6 is 0 Å². The van der Waals surface area contributed by atoms with Gasteiger partial charge in [0.05, 0.1) is 0 Å². The summed E-state index contributed by atoms with van der Waals surface area (Å²) in [5, 5.41) is 5.07. The fraction of sp³-hybridized carbons (Fsp3) is 0.522. The van der Waals surface area contributed by atoms with Crippen LogP contribution in [0.25, 0.3) is 10.8 Å². The lowest BCUT2D eigenvalue weighted by molar-refractivity contribution is 0.0844. The van der Waals surface area contributed by atoms with Crippen molar-refractivity contribution in [3.63, 3.8) is 0 Å². The molecule has 1 fully saturated rings. The molecule has 2 aromatic carbocycles. The molecule has 1 saturated heterocycles. The second-order valence-electron chi connectivity index (χ2n) is 7.77. The molecule has 1 aliphatic rings. The number of amides is 1. The Hall–Kier alpha value is -2.11. The van der Waals surface area contributed by atoms with E-state index in [1.807, 2.05) is 30.3 Å². The summed E-state index contributed by atoms with van der Waals surface area (Å²) in [4.78, 5) is 14.8. The molecule has 152 valence electrons. The maximum Gasteiger partial charge on any atom is 0.251 e. The Balaban J connectivity index is 1.59. The van der Waals surface area contributed by atoms with Crippen LogP contribution < -0.4 is 10.1 Å². The van der Waals surface area contributed by atoms with Crippen molar-refractivity contribution in [2.24, 2.45) is 0 Å². The molecule has 0 unspecified atom stereocenters. The van der Waals surface area contributed by atoms with E-state index >= 15 is 0 Å². The van der Waals surface area contributed by atoms with Crippen LogP contribution in [0, 0.1) is 0 Å². The van der Waals surface area contributed by atoms with Crippen LogP contribution in [0.5, 0.6) is 5.75 Å². The second kappa shape index (κ2) is 9.89. The largest absolute Gasteiger partial charge is 0.490 e. The van der Waals surface area contributed by atoms with Crippen molar-refractivity contribution in [3.05, 3.63) is 42.0 Å². The Kier molecular flexibility index (Phi) is 7.29. The summed E-state index contributed by atoms with van der Waals surface area (Å²) in [5.74, 6) is 0.863. The number of carbonyl (C=O) groups excluding carboxylic acids is 1. The molecule has 0 bridgehead atoms. The van der Waals surface area contributed by atoms with Crippen LogP contribution in [0.1, 0.15) is 43.5 Å². The molecule has 0 aliphatic carbocycles. The highest BCUT2D eigenvalue weighted by Crippen LogP contribution is 2.25. The summed E-state index contributed by atoms with van der Waals surface area (Å²) in [7, 11) is 1.66. The predicted octanol–water partition coefficient (Wildman–Crippen LogP) is 3.86. The zero-order valence-corrected chi connectivity index (χ0v) is 17.2. The molecule has 0 saturated carbocycles. The van der Waals surface area contributed by atoms with E-state index in [9.17, 15) is 4.79 Å². The van der Waals surface area contributed by atoms with Gasteiger partial charge < -0.3 is 19.7 Å². The average Bonchev–Trinajstić information content (AvgIpc) is 2.71. The number of fused-ring (bicyclic) bond motifs is 1. The van der Waals surface area contributed by atoms with Crippen molar-refractivity contribution in [1.29, 1.82) is 0 Å². The molecule has 2 aromatic rings. The quantitative estimate of drug-likeness (QED) is 0.702. The highest BCUT2D eigenvalue weighted by Gasteiger charge is 2.22. The highest BCUT2D eigenvalue weighted by atomic mass is 16.5. The Morgan fingerprint density at radius 2 is 1.86 bits per heavy atom. The zero-order valence-electron chi connectivity index (χ0n) is 17.2. The standard InChI is InChI=1S/C23H32N2O3/c1-17(2)25-12-9-21(10-13-25)28-22-8-7-18-15-20(6-5-19(18)16-22)23(26)24-11-4-14-27-3/h5-8,15-17,21H,4,9-14H2,1-3H3,(H,24,26). The third-order valence-corrected chi connectivity index (χ3v) is 5.39. The predicted molar refractivity (Wildman–Crippen MR) is 113 cm³/mol. The number of nitrogens with one attached hydrogen (secondary N) is 1. The number of hydrogen-bond donors (Lipinski definition) is 1. The van der Waals surface area contributed by atoms with E-state index in [1.54, 1.807) is 7.11 Å². The fourth-order valence-electron chi connectivity index (χ4n) is 3.66. The third-order valence-electron chi connectivity index (χ3n) is 5.39. The van der Waals surface area contributed by atoms with Gasteiger partial charge in [0.2, 0.25) is 0 Å². The van der Waals surface area contributed by atoms with Crippen LogP contribution in [0.15, 0.2) is 36.4 Å². The summed E-state index contributed by atoms with van der Waals surface area (Å²) in [6, 6.07) is 12.5. The van der Waals surface area contributed by atoms with Gasteiger partial charge in [0.15, 0.2) is 0 Å². The van der Waals surface area contributed by atoms with Gasteiger partial charge in [0.1, 0.15) is 11.9 Å². The van der Waals surface area contributed by atoms with E-state index in [1.165, 1.54) is 0 Å². The molecule has 3 rings (SSSR count). The van der Waals surface area contributed by atoms with Gasteiger partial charge >= 0.3 is 0 Å². The lowest BCUT2D eigenvalue weighted by Gasteiger charge is -2.34. The van der Waals surface area contributed by atoms with Crippen LogP contribution in [-0.2, 0) is 4.74 Å². The minimum absolute atomic E-state index is 0.0461. The minimum atomic E-state index is -0.0461. The van der Waals surface area contributed by atoms with E-state index in [-0.39, 0.29) is 12.0 Å². The normalized spacial score (nSPS) is 15.9. The Morgan fingerprint density at radius 3 is 2.57 bits per heavy atom. The molecule has 1 heterocycles. The maximum absolute atomic E-state index is 12.3. The van der Waals surface area contributed by atoms with Gasteiger partial charge in [-0.3, -0.25) is 4.79 Å². The summed E-state index contributed by atoms with van der Waals surface area (Å²) >= 11 is 0. The van der Waals surface area contributed by atoms with Gasteiger partial charge in [-0.25, -0.2) is 0 Å². The highest BCUT2D eigenvalue weighted by molar-refractivity contribution is 5.98. The number of piperidine rings is 1. The van der Waals surface area contributed by atoms with Crippen molar-refractivity contribution in [2.45, 2.75) is 45.3 Å². The van der Waals surface area contributed by atoms with Crippen molar-refractivity contribution < 1.29 is 14.3 Å². The van der Waals surface area contributed by atoms with Crippen molar-refractivity contribution in [2.75, 3.05) is 33.4 Å². The number of nitrogens with zero attached hydrogens (tertiary/aromatic N) is 1. The molecule has 0 atom stereocenters. The molecule has 0 radical (unpaired) electrons. The van der Waals surface area contributed by atoms with Gasteiger partial charge in [-0.2, -0.15) is 0 Å². The molecule has 0 spiro atoms. The molecule has 0 aromatic heterocycles. The molecular formula is C23H32N2O3. The van der Waals surface area contributed by atoms with Gasteiger partial charge in [-0.1, -0.05) is 12.1 Å². The first-order chi connectivity index (χ1) is 13.6. The van der Waals surface area contributed by atoms with Crippen LogP contribution in [0.2, 0.25) is 0 Å². The molecule has 1 amide bonds. The minimum Gasteiger partial charge on any atom is -0.490 e. The summed E-state index contributed by atoms with van der Waals surface area (Å²) in [6.07, 6.45) is 3.23. The molecule has 1 aliphatic heterocycles. The number of carbonyl (C=O) groups is 1. The number of likely N-dealkylation sites (tertiary alicyclic amines) is 1. The summed E-state index contributed by atoms with van der Waals surface area (Å²) in [6.45, 7) is 7.96. The monoisotopic (exact) mass is 384 g/mol. The van der Waals surface area contributed by atoms with Gasteiger partial charge in [-0.15, -0.1) is 0 Å². The van der Waals surface area contributed by atoms with Gasteiger partial charge in [-0.05, 0) is 68.1 Å². The lowest BCUT2D eigenvalue weighted by Crippen LogP contribution is -2.41. The zero-order chi connectivity index (χ0) is 19.9. The number of rotatable bonds is 8. The van der Waals surface area contributed by atoms with E-state index < -0.39 is 0 Å². The number of ether oxygens (including phenoxy) is 2. The molecule has 1 N–H and O–H groups in total. The second-order valence-corrected chi connectivity index (χ2v) is 7.77. The smallest absolute Gasteiger partial charge is 0.251 e. The van der Waals surface area contributed by atoms with E-state index in [0.29, 0.717) is 24.8 Å².